The van der Waals surface area contributed by atoms with Crippen molar-refractivity contribution in [2.24, 2.45) is 5.92 Å². The van der Waals surface area contributed by atoms with Gasteiger partial charge in [-0.15, -0.1) is 0 Å². The molecule has 306 valence electrons. The Morgan fingerprint density at radius 2 is 1.08 bits per heavy atom. The number of hydrogen-bond acceptors (Lipinski definition) is 3. The van der Waals surface area contributed by atoms with E-state index in [-0.39, 0.29) is 5.41 Å². The molecule has 0 radical (unpaired) electrons. The van der Waals surface area contributed by atoms with Gasteiger partial charge in [-0.1, -0.05) is 161 Å². The number of rotatable bonds is 7. The molecule has 0 N–H and O–H groups in total. The highest BCUT2D eigenvalue weighted by Gasteiger charge is 2.51. The van der Waals surface area contributed by atoms with E-state index in [1.165, 1.54) is 55.9 Å². The van der Waals surface area contributed by atoms with Crippen LogP contribution in [-0.4, -0.2) is 0 Å². The molecule has 0 saturated heterocycles. The van der Waals surface area contributed by atoms with Crippen LogP contribution in [-0.2, 0) is 10.8 Å². The van der Waals surface area contributed by atoms with Gasteiger partial charge in [0, 0.05) is 39.3 Å². The van der Waals surface area contributed by atoms with Crippen LogP contribution in [0.2, 0.25) is 0 Å². The quantitative estimate of drug-likeness (QED) is 0.149. The average molecular weight is 815 g/mol. The lowest BCUT2D eigenvalue weighted by molar-refractivity contribution is 0.436. The molecule has 0 aromatic heterocycles. The fourth-order valence-corrected chi connectivity index (χ4v) is 10.7. The van der Waals surface area contributed by atoms with Crippen molar-refractivity contribution in [3.8, 4) is 22.6 Å². The molecule has 1 aliphatic carbocycles. The predicted molar refractivity (Wildman–Crippen MR) is 263 cm³/mol. The normalized spacial score (nSPS) is 15.0. The fourth-order valence-electron chi connectivity index (χ4n) is 10.7. The molecule has 3 aliphatic rings. The van der Waals surface area contributed by atoms with Crippen molar-refractivity contribution in [3.05, 3.63) is 245 Å². The van der Waals surface area contributed by atoms with Crippen LogP contribution in [0.5, 0.6) is 11.5 Å². The maximum Gasteiger partial charge on any atom is 0.132 e. The van der Waals surface area contributed by atoms with Gasteiger partial charge < -0.3 is 14.5 Å². The number of allylic oxidation sites excluding steroid dienone is 4. The van der Waals surface area contributed by atoms with Gasteiger partial charge in [0.05, 0.1) is 16.8 Å². The van der Waals surface area contributed by atoms with Gasteiger partial charge in [0.1, 0.15) is 11.5 Å². The first-order valence-electron chi connectivity index (χ1n) is 22.2. The van der Waals surface area contributed by atoms with E-state index in [2.05, 4.69) is 251 Å². The fraction of sp³-hybridized carbons (Fsp3) is 0.133. The lowest BCUT2D eigenvalue weighted by atomic mass is 9.66. The Balaban J connectivity index is 1.10. The molecule has 0 fully saturated rings. The molecule has 0 unspecified atom stereocenters. The monoisotopic (exact) mass is 814 g/mol. The highest BCUT2D eigenvalue weighted by Crippen LogP contribution is 2.63. The van der Waals surface area contributed by atoms with E-state index >= 15 is 0 Å². The molecule has 11 rings (SSSR count). The Morgan fingerprint density at radius 3 is 1.76 bits per heavy atom. The second-order valence-electron chi connectivity index (χ2n) is 17.9. The van der Waals surface area contributed by atoms with E-state index in [1.54, 1.807) is 0 Å². The standard InChI is InChI=1S/C60H50N2O/c1-6-18-42(37-40(2)3)41-29-31-44(32-30-41)62-55-26-15-12-23-50(55)59(4,5)54-39-46(34-36-56(54)62)61(43-19-8-7-9-20-43)45-33-35-48-47-21-10-11-22-49(47)60(53(48)38-45)51-24-13-16-27-57(51)63-58-28-17-14-25-52(58)60/h6-40H,1-5H3/b18-6-,42-37+. The number of anilines is 6. The minimum absolute atomic E-state index is 0.279. The zero-order valence-electron chi connectivity index (χ0n) is 36.5. The van der Waals surface area contributed by atoms with Crippen molar-refractivity contribution in [3.63, 3.8) is 0 Å². The number of fused-ring (bicyclic) bond motifs is 11. The summed E-state index contributed by atoms with van der Waals surface area (Å²) >= 11 is 0. The summed E-state index contributed by atoms with van der Waals surface area (Å²) in [5, 5.41) is 0. The maximum absolute atomic E-state index is 6.67. The SMILES string of the molecule is C/C=C\C(=C/C(C)C)c1ccc(N2c3ccccc3C(C)(C)c3cc(N(c4ccccc4)c4ccc5c(c4)C4(c6ccccc6Oc6ccccc64)c4ccccc4-5)ccc32)cc1. The van der Waals surface area contributed by atoms with Gasteiger partial charge in [-0.25, -0.2) is 0 Å². The van der Waals surface area contributed by atoms with Crippen molar-refractivity contribution < 1.29 is 4.74 Å². The molecular weight excluding hydrogens is 765 g/mol. The van der Waals surface area contributed by atoms with E-state index in [4.69, 9.17) is 4.74 Å². The van der Waals surface area contributed by atoms with Crippen molar-refractivity contribution in [1.82, 2.24) is 0 Å². The number of ether oxygens (including phenoxy) is 1. The third-order valence-corrected chi connectivity index (χ3v) is 13.4. The van der Waals surface area contributed by atoms with Crippen molar-refractivity contribution in [1.29, 1.82) is 0 Å². The van der Waals surface area contributed by atoms with E-state index in [0.29, 0.717) is 5.92 Å². The summed E-state index contributed by atoms with van der Waals surface area (Å²) in [7, 11) is 0. The van der Waals surface area contributed by atoms with Crippen LogP contribution in [0.15, 0.2) is 206 Å². The smallest absolute Gasteiger partial charge is 0.132 e. The van der Waals surface area contributed by atoms with Crippen LogP contribution in [0.3, 0.4) is 0 Å². The van der Waals surface area contributed by atoms with Gasteiger partial charge in [-0.05, 0) is 130 Å². The van der Waals surface area contributed by atoms with Gasteiger partial charge in [0.2, 0.25) is 0 Å². The first-order chi connectivity index (χ1) is 30.8. The van der Waals surface area contributed by atoms with Gasteiger partial charge in [0.25, 0.3) is 0 Å². The minimum atomic E-state index is -0.564. The van der Waals surface area contributed by atoms with E-state index in [1.807, 2.05) is 0 Å². The van der Waals surface area contributed by atoms with Gasteiger partial charge in [-0.2, -0.15) is 0 Å². The topological polar surface area (TPSA) is 15.7 Å². The molecule has 0 atom stereocenters. The minimum Gasteiger partial charge on any atom is -0.457 e. The number of hydrogen-bond donors (Lipinski definition) is 0. The second-order valence-corrected chi connectivity index (χ2v) is 17.9. The molecule has 63 heavy (non-hydrogen) atoms. The summed E-state index contributed by atoms with van der Waals surface area (Å²) in [6, 6.07) is 69.2. The summed E-state index contributed by atoms with van der Waals surface area (Å²) in [4.78, 5) is 4.89. The Labute approximate surface area is 371 Å². The van der Waals surface area contributed by atoms with Gasteiger partial charge in [0.15, 0.2) is 0 Å². The third-order valence-electron chi connectivity index (χ3n) is 13.4. The molecule has 3 nitrogen and oxygen atoms in total. The Morgan fingerprint density at radius 1 is 0.524 bits per heavy atom. The number of para-hydroxylation sites is 4. The molecule has 0 bridgehead atoms. The molecule has 1 spiro atoms. The van der Waals surface area contributed by atoms with Gasteiger partial charge in [-0.3, -0.25) is 0 Å². The highest BCUT2D eigenvalue weighted by molar-refractivity contribution is 5.93. The zero-order chi connectivity index (χ0) is 42.9. The summed E-state index contributed by atoms with van der Waals surface area (Å²) < 4.78 is 6.67. The van der Waals surface area contributed by atoms with Gasteiger partial charge >= 0.3 is 0 Å². The Hall–Kier alpha value is -7.36. The molecule has 0 saturated carbocycles. The summed E-state index contributed by atoms with van der Waals surface area (Å²) in [6.07, 6.45) is 6.68. The molecular formula is C60H50N2O. The number of nitrogens with zero attached hydrogens (tertiary/aromatic N) is 2. The van der Waals surface area contributed by atoms with E-state index in [9.17, 15) is 0 Å². The Bertz CT molecular complexity index is 3070. The summed E-state index contributed by atoms with van der Waals surface area (Å²) in [6.45, 7) is 11.3. The van der Waals surface area contributed by atoms with Crippen LogP contribution in [0, 0.1) is 5.92 Å². The van der Waals surface area contributed by atoms with Crippen LogP contribution in [0.1, 0.15) is 73.6 Å². The second kappa shape index (κ2) is 14.9. The molecule has 2 heterocycles. The van der Waals surface area contributed by atoms with Crippen molar-refractivity contribution >= 4 is 39.7 Å². The number of benzene rings is 8. The molecule has 8 aromatic carbocycles. The first-order valence-corrected chi connectivity index (χ1v) is 22.2. The first kappa shape index (κ1) is 38.6. The van der Waals surface area contributed by atoms with E-state index in [0.717, 1.165) is 45.4 Å². The summed E-state index contributed by atoms with van der Waals surface area (Å²) in [5.74, 6) is 2.24. The summed E-state index contributed by atoms with van der Waals surface area (Å²) in [5.41, 5.74) is 18.4. The molecule has 3 heteroatoms. The Kier molecular flexibility index (Phi) is 9.13. The highest BCUT2D eigenvalue weighted by atomic mass is 16.5. The molecule has 2 aliphatic heterocycles. The largest absolute Gasteiger partial charge is 0.457 e. The van der Waals surface area contributed by atoms with Crippen LogP contribution in [0.25, 0.3) is 16.7 Å². The maximum atomic E-state index is 6.67. The van der Waals surface area contributed by atoms with Crippen molar-refractivity contribution in [2.45, 2.75) is 45.4 Å². The average Bonchev–Trinajstić information content (AvgIpc) is 3.59. The molecule has 0 amide bonds. The van der Waals surface area contributed by atoms with E-state index < -0.39 is 5.41 Å². The lowest BCUT2D eigenvalue weighted by Gasteiger charge is -2.43. The third kappa shape index (κ3) is 5.94. The van der Waals surface area contributed by atoms with Crippen LogP contribution in [0.4, 0.5) is 34.1 Å². The molecule has 8 aromatic rings. The predicted octanol–water partition coefficient (Wildman–Crippen LogP) is 16.3. The lowest BCUT2D eigenvalue weighted by Crippen LogP contribution is -2.32. The van der Waals surface area contributed by atoms with Crippen LogP contribution < -0.4 is 14.5 Å². The van der Waals surface area contributed by atoms with Crippen LogP contribution >= 0.6 is 0 Å². The zero-order valence-corrected chi connectivity index (χ0v) is 36.5. The van der Waals surface area contributed by atoms with Crippen molar-refractivity contribution in [2.75, 3.05) is 9.80 Å².